The van der Waals surface area contributed by atoms with Gasteiger partial charge in [0.25, 0.3) is 0 Å². The molecule has 4 N–H and O–H groups in total. The zero-order chi connectivity index (χ0) is 6.57. The van der Waals surface area contributed by atoms with Gasteiger partial charge in [-0.3, -0.25) is 0 Å². The zero-order valence-electron chi connectivity index (χ0n) is 5.04. The van der Waals surface area contributed by atoms with Gasteiger partial charge in [-0.15, -0.1) is 0 Å². The highest BCUT2D eigenvalue weighted by Gasteiger charge is 2.06. The lowest BCUT2D eigenvalue weighted by Crippen LogP contribution is -2.32. The predicted octanol–water partition coefficient (Wildman–Crippen LogP) is -0.923. The highest BCUT2D eigenvalue weighted by Crippen LogP contribution is 1.91. The molecule has 2 unspecified atom stereocenters. The fraction of sp³-hybridized carbons (Fsp3) is 1.00. The fourth-order valence-corrected chi connectivity index (χ4v) is 0.390. The first-order valence-corrected chi connectivity index (χ1v) is 2.73. The Kier molecular flexibility index (Phi) is 3.77. The second-order valence-electron chi connectivity index (χ2n) is 1.92. The van der Waals surface area contributed by atoms with E-state index in [4.69, 9.17) is 15.9 Å². The molecule has 8 heavy (non-hydrogen) atoms. The van der Waals surface area contributed by atoms with Crippen LogP contribution in [0.2, 0.25) is 0 Å². The van der Waals surface area contributed by atoms with Crippen LogP contribution in [-0.2, 0) is 0 Å². The van der Waals surface area contributed by atoms with Gasteiger partial charge in [0.1, 0.15) is 0 Å². The van der Waals surface area contributed by atoms with Crippen LogP contribution in [-0.4, -0.2) is 29.0 Å². The third-order valence-electron chi connectivity index (χ3n) is 1.08. The molecule has 3 heteroatoms. The summed E-state index contributed by atoms with van der Waals surface area (Å²) in [5.41, 5.74) is 5.32. The molecule has 0 fully saturated rings. The van der Waals surface area contributed by atoms with Crippen LogP contribution in [0.15, 0.2) is 0 Å². The van der Waals surface area contributed by atoms with E-state index in [1.807, 2.05) is 0 Å². The van der Waals surface area contributed by atoms with E-state index in [1.54, 1.807) is 6.92 Å². The number of aliphatic hydroxyl groups is 2. The van der Waals surface area contributed by atoms with Crippen molar-refractivity contribution in [3.05, 3.63) is 0 Å². The molecule has 2 atom stereocenters. The summed E-state index contributed by atoms with van der Waals surface area (Å²) in [6.45, 7) is 1.66. The molecule has 50 valence electrons. The van der Waals surface area contributed by atoms with E-state index in [0.29, 0.717) is 6.42 Å². The van der Waals surface area contributed by atoms with E-state index in [-0.39, 0.29) is 12.6 Å². The summed E-state index contributed by atoms with van der Waals surface area (Å²) in [5.74, 6) is 0. The van der Waals surface area contributed by atoms with Crippen LogP contribution >= 0.6 is 0 Å². The fourth-order valence-electron chi connectivity index (χ4n) is 0.390. The Hall–Kier alpha value is -0.120. The minimum absolute atomic E-state index is 0.0477. The normalized spacial score (nSPS) is 18.0. The van der Waals surface area contributed by atoms with Crippen molar-refractivity contribution in [1.82, 2.24) is 0 Å². The molecule has 0 aliphatic carbocycles. The van der Waals surface area contributed by atoms with E-state index in [2.05, 4.69) is 0 Å². The lowest BCUT2D eigenvalue weighted by molar-refractivity contribution is 0.144. The minimum Gasteiger partial charge on any atom is -0.396 e. The first-order valence-electron chi connectivity index (χ1n) is 2.73. The Morgan fingerprint density at radius 1 is 1.62 bits per heavy atom. The second kappa shape index (κ2) is 3.83. The van der Waals surface area contributed by atoms with Crippen LogP contribution in [0.4, 0.5) is 0 Å². The van der Waals surface area contributed by atoms with Crippen molar-refractivity contribution >= 4 is 0 Å². The molecule has 3 nitrogen and oxygen atoms in total. The van der Waals surface area contributed by atoms with Crippen molar-refractivity contribution in [1.29, 1.82) is 0 Å². The van der Waals surface area contributed by atoms with Crippen LogP contribution in [0.25, 0.3) is 0 Å². The molecule has 0 saturated heterocycles. The van der Waals surface area contributed by atoms with Gasteiger partial charge in [0.05, 0.1) is 6.10 Å². The lowest BCUT2D eigenvalue weighted by Gasteiger charge is -2.11. The summed E-state index contributed by atoms with van der Waals surface area (Å²) in [6.07, 6.45) is -0.0420. The highest BCUT2D eigenvalue weighted by molar-refractivity contribution is 4.65. The van der Waals surface area contributed by atoms with Gasteiger partial charge in [0, 0.05) is 12.6 Å². The molecular formula is C5H13NO2. The van der Waals surface area contributed by atoms with Crippen LogP contribution in [0, 0.1) is 0 Å². The largest absolute Gasteiger partial charge is 0.396 e. The molecule has 0 bridgehead atoms. The summed E-state index contributed by atoms with van der Waals surface area (Å²) in [6, 6.07) is -0.278. The summed E-state index contributed by atoms with van der Waals surface area (Å²) < 4.78 is 0. The molecule has 0 amide bonds. The van der Waals surface area contributed by atoms with Gasteiger partial charge in [-0.05, 0) is 13.3 Å². The van der Waals surface area contributed by atoms with E-state index < -0.39 is 6.10 Å². The standard InChI is InChI=1S/C5H13NO2/c1-4(8)5(6)2-3-7/h4-5,7-8H,2-3,6H2,1H3. The molecule has 0 aliphatic heterocycles. The smallest absolute Gasteiger partial charge is 0.0663 e. The van der Waals surface area contributed by atoms with E-state index >= 15 is 0 Å². The Labute approximate surface area is 49.1 Å². The summed E-state index contributed by atoms with van der Waals surface area (Å²) in [5, 5.41) is 17.0. The van der Waals surface area contributed by atoms with Crippen LogP contribution in [0.1, 0.15) is 13.3 Å². The average Bonchev–Trinajstić information content (AvgIpc) is 1.67. The summed E-state index contributed by atoms with van der Waals surface area (Å²) in [4.78, 5) is 0. The third kappa shape index (κ3) is 2.96. The first-order chi connectivity index (χ1) is 3.68. The van der Waals surface area contributed by atoms with E-state index in [1.165, 1.54) is 0 Å². The van der Waals surface area contributed by atoms with Gasteiger partial charge in [0.2, 0.25) is 0 Å². The number of hydrogen-bond donors (Lipinski definition) is 3. The molecule has 0 aromatic heterocycles. The Bertz CT molecular complexity index is 56.4. The molecule has 0 radical (unpaired) electrons. The molecular weight excluding hydrogens is 106 g/mol. The molecule has 0 heterocycles. The number of nitrogens with two attached hydrogens (primary N) is 1. The molecule has 0 aliphatic rings. The van der Waals surface area contributed by atoms with Gasteiger partial charge in [-0.25, -0.2) is 0 Å². The quantitative estimate of drug-likeness (QED) is 0.450. The maximum absolute atomic E-state index is 8.72. The van der Waals surface area contributed by atoms with Crippen molar-refractivity contribution in [2.75, 3.05) is 6.61 Å². The Balaban J connectivity index is 3.17. The van der Waals surface area contributed by atoms with Gasteiger partial charge in [0.15, 0.2) is 0 Å². The summed E-state index contributed by atoms with van der Waals surface area (Å²) >= 11 is 0. The van der Waals surface area contributed by atoms with Crippen molar-refractivity contribution in [3.63, 3.8) is 0 Å². The van der Waals surface area contributed by atoms with Crippen LogP contribution in [0.5, 0.6) is 0 Å². The van der Waals surface area contributed by atoms with Crippen LogP contribution in [0.3, 0.4) is 0 Å². The Morgan fingerprint density at radius 2 is 2.12 bits per heavy atom. The van der Waals surface area contributed by atoms with Gasteiger partial charge in [-0.1, -0.05) is 0 Å². The number of hydrogen-bond acceptors (Lipinski definition) is 3. The molecule has 0 rings (SSSR count). The average molecular weight is 119 g/mol. The topological polar surface area (TPSA) is 66.5 Å². The molecule has 0 aromatic carbocycles. The van der Waals surface area contributed by atoms with E-state index in [0.717, 1.165) is 0 Å². The molecule has 0 aromatic rings. The summed E-state index contributed by atoms with van der Waals surface area (Å²) in [7, 11) is 0. The SMILES string of the molecule is CC(O)C(N)CCO. The molecule has 0 saturated carbocycles. The monoisotopic (exact) mass is 119 g/mol. The van der Waals surface area contributed by atoms with Gasteiger partial charge >= 0.3 is 0 Å². The lowest BCUT2D eigenvalue weighted by atomic mass is 10.1. The van der Waals surface area contributed by atoms with Gasteiger partial charge < -0.3 is 15.9 Å². The van der Waals surface area contributed by atoms with Crippen molar-refractivity contribution < 1.29 is 10.2 Å². The van der Waals surface area contributed by atoms with Crippen molar-refractivity contribution in [3.8, 4) is 0 Å². The number of aliphatic hydroxyl groups excluding tert-OH is 2. The predicted molar refractivity (Wildman–Crippen MR) is 31.4 cm³/mol. The molecule has 0 spiro atoms. The van der Waals surface area contributed by atoms with Gasteiger partial charge in [-0.2, -0.15) is 0 Å². The van der Waals surface area contributed by atoms with E-state index in [9.17, 15) is 0 Å². The third-order valence-corrected chi connectivity index (χ3v) is 1.08. The van der Waals surface area contributed by atoms with Crippen molar-refractivity contribution in [2.24, 2.45) is 5.73 Å². The zero-order valence-corrected chi connectivity index (χ0v) is 5.04. The highest BCUT2D eigenvalue weighted by atomic mass is 16.3. The second-order valence-corrected chi connectivity index (χ2v) is 1.92. The first kappa shape index (κ1) is 7.88. The van der Waals surface area contributed by atoms with Crippen LogP contribution < -0.4 is 5.73 Å². The number of rotatable bonds is 3. The Morgan fingerprint density at radius 3 is 2.25 bits per heavy atom. The van der Waals surface area contributed by atoms with Crippen molar-refractivity contribution in [2.45, 2.75) is 25.5 Å². The maximum Gasteiger partial charge on any atom is 0.0663 e. The maximum atomic E-state index is 8.72. The minimum atomic E-state index is -0.512.